The summed E-state index contributed by atoms with van der Waals surface area (Å²) in [6.07, 6.45) is 4.41. The Bertz CT molecular complexity index is 426. The molecule has 5 nitrogen and oxygen atoms in total. The summed E-state index contributed by atoms with van der Waals surface area (Å²) in [6, 6.07) is 3.82. The highest BCUT2D eigenvalue weighted by Crippen LogP contribution is 2.21. The van der Waals surface area contributed by atoms with Crippen LogP contribution in [0, 0.1) is 5.41 Å². The van der Waals surface area contributed by atoms with Crippen LogP contribution in [0.5, 0.6) is 0 Å². The summed E-state index contributed by atoms with van der Waals surface area (Å²) in [7, 11) is 4.09. The molecule has 0 aromatic carbocycles. The summed E-state index contributed by atoms with van der Waals surface area (Å²) < 4.78 is 0. The van der Waals surface area contributed by atoms with Gasteiger partial charge in [-0.05, 0) is 44.1 Å². The summed E-state index contributed by atoms with van der Waals surface area (Å²) in [5, 5.41) is 5.97. The molecule has 1 unspecified atom stereocenters. The third kappa shape index (κ3) is 7.09. The molecule has 0 fully saturated rings. The largest absolute Gasteiger partial charge is 0.335 e. The Kier molecular flexibility index (Phi) is 6.62. The quantitative estimate of drug-likeness (QED) is 0.845. The Hall–Kier alpha value is -1.62. The molecule has 1 heterocycles. The minimum absolute atomic E-state index is 0.0294. The lowest BCUT2D eigenvalue weighted by Gasteiger charge is -2.32. The van der Waals surface area contributed by atoms with Crippen molar-refractivity contribution in [2.75, 3.05) is 20.6 Å². The standard InChI is InChI=1S/C16H28N4O/c1-16(2,3)14(8-10-20(4)5)19-15(21)18-12-13-7-6-9-17-11-13/h6-7,9,11,14H,8,10,12H2,1-5H3,(H2,18,19,21). The maximum Gasteiger partial charge on any atom is 0.315 e. The molecule has 0 spiro atoms. The topological polar surface area (TPSA) is 57.3 Å². The van der Waals surface area contributed by atoms with E-state index in [2.05, 4.69) is 41.3 Å². The monoisotopic (exact) mass is 292 g/mol. The minimum atomic E-state index is -0.127. The zero-order chi connectivity index (χ0) is 15.9. The smallest absolute Gasteiger partial charge is 0.315 e. The fourth-order valence-corrected chi connectivity index (χ4v) is 2.00. The summed E-state index contributed by atoms with van der Waals surface area (Å²) in [5.41, 5.74) is 1.02. The van der Waals surface area contributed by atoms with Crippen molar-refractivity contribution in [3.05, 3.63) is 30.1 Å². The number of urea groups is 1. The van der Waals surface area contributed by atoms with Crippen LogP contribution >= 0.6 is 0 Å². The van der Waals surface area contributed by atoms with Gasteiger partial charge in [0.05, 0.1) is 0 Å². The van der Waals surface area contributed by atoms with Crippen LogP contribution in [0.1, 0.15) is 32.8 Å². The number of hydrogen-bond acceptors (Lipinski definition) is 3. The van der Waals surface area contributed by atoms with Crippen LogP contribution in [-0.4, -0.2) is 42.6 Å². The number of carbonyl (C=O) groups is 1. The highest BCUT2D eigenvalue weighted by atomic mass is 16.2. The summed E-state index contributed by atoms with van der Waals surface area (Å²) in [5.74, 6) is 0. The third-order valence-corrected chi connectivity index (χ3v) is 3.39. The van der Waals surface area contributed by atoms with Crippen molar-refractivity contribution >= 4 is 6.03 Å². The van der Waals surface area contributed by atoms with Gasteiger partial charge in [-0.3, -0.25) is 4.98 Å². The summed E-state index contributed by atoms with van der Waals surface area (Å²) >= 11 is 0. The lowest BCUT2D eigenvalue weighted by molar-refractivity contribution is 0.206. The lowest BCUT2D eigenvalue weighted by atomic mass is 9.85. The fourth-order valence-electron chi connectivity index (χ4n) is 2.00. The molecule has 1 atom stereocenters. The normalized spacial score (nSPS) is 13.0. The number of nitrogens with one attached hydrogen (secondary N) is 2. The average molecular weight is 292 g/mol. The highest BCUT2D eigenvalue weighted by molar-refractivity contribution is 5.74. The van der Waals surface area contributed by atoms with E-state index in [9.17, 15) is 4.79 Å². The van der Waals surface area contributed by atoms with Crippen molar-refractivity contribution in [2.45, 2.75) is 39.8 Å². The number of carbonyl (C=O) groups excluding carboxylic acids is 1. The van der Waals surface area contributed by atoms with Crippen molar-refractivity contribution in [3.63, 3.8) is 0 Å². The molecule has 1 rings (SSSR count). The van der Waals surface area contributed by atoms with E-state index in [0.29, 0.717) is 6.54 Å². The molecule has 0 radical (unpaired) electrons. The van der Waals surface area contributed by atoms with Gasteiger partial charge in [0.2, 0.25) is 0 Å². The average Bonchev–Trinajstić information content (AvgIpc) is 2.41. The van der Waals surface area contributed by atoms with Gasteiger partial charge in [-0.2, -0.15) is 0 Å². The number of nitrogens with zero attached hydrogens (tertiary/aromatic N) is 2. The van der Waals surface area contributed by atoms with Gasteiger partial charge in [0.15, 0.2) is 0 Å². The van der Waals surface area contributed by atoms with Gasteiger partial charge >= 0.3 is 6.03 Å². The first-order valence-corrected chi connectivity index (χ1v) is 7.37. The van der Waals surface area contributed by atoms with Crippen LogP contribution in [-0.2, 0) is 6.54 Å². The zero-order valence-corrected chi connectivity index (χ0v) is 13.8. The van der Waals surface area contributed by atoms with Gasteiger partial charge < -0.3 is 15.5 Å². The molecule has 0 aliphatic carbocycles. The van der Waals surface area contributed by atoms with Gasteiger partial charge in [-0.1, -0.05) is 26.8 Å². The Balaban J connectivity index is 2.48. The molecule has 1 aromatic rings. The van der Waals surface area contributed by atoms with Crippen molar-refractivity contribution in [3.8, 4) is 0 Å². The Morgan fingerprint density at radius 3 is 2.62 bits per heavy atom. The maximum absolute atomic E-state index is 12.1. The Labute approximate surface area is 128 Å². The van der Waals surface area contributed by atoms with E-state index in [1.807, 2.05) is 26.2 Å². The molecule has 0 saturated carbocycles. The molecule has 1 aromatic heterocycles. The second kappa shape index (κ2) is 7.98. The van der Waals surface area contributed by atoms with Gasteiger partial charge in [0, 0.05) is 25.0 Å². The molecule has 0 bridgehead atoms. The molecular formula is C16H28N4O. The van der Waals surface area contributed by atoms with Crippen LogP contribution in [0.4, 0.5) is 4.79 Å². The van der Waals surface area contributed by atoms with Crippen molar-refractivity contribution in [1.82, 2.24) is 20.5 Å². The van der Waals surface area contributed by atoms with Crippen LogP contribution in [0.2, 0.25) is 0 Å². The lowest BCUT2D eigenvalue weighted by Crippen LogP contribution is -2.48. The number of pyridine rings is 1. The number of rotatable bonds is 6. The van der Waals surface area contributed by atoms with E-state index in [1.54, 1.807) is 12.4 Å². The van der Waals surface area contributed by atoms with E-state index in [1.165, 1.54) is 0 Å². The molecule has 2 N–H and O–H groups in total. The zero-order valence-electron chi connectivity index (χ0n) is 13.8. The van der Waals surface area contributed by atoms with Gasteiger partial charge in [-0.15, -0.1) is 0 Å². The predicted octanol–water partition coefficient (Wildman–Crippen LogP) is 2.25. The molecule has 0 aliphatic rings. The second-order valence-electron chi connectivity index (χ2n) is 6.70. The number of hydrogen-bond donors (Lipinski definition) is 2. The first kappa shape index (κ1) is 17.4. The van der Waals surface area contributed by atoms with E-state index < -0.39 is 0 Å². The number of amides is 2. The molecule has 0 saturated heterocycles. The van der Waals surface area contributed by atoms with E-state index in [0.717, 1.165) is 18.5 Å². The Morgan fingerprint density at radius 2 is 2.10 bits per heavy atom. The second-order valence-corrected chi connectivity index (χ2v) is 6.70. The first-order chi connectivity index (χ1) is 9.79. The summed E-state index contributed by atoms with van der Waals surface area (Å²) in [4.78, 5) is 18.2. The van der Waals surface area contributed by atoms with E-state index in [-0.39, 0.29) is 17.5 Å². The van der Waals surface area contributed by atoms with Crippen LogP contribution < -0.4 is 10.6 Å². The minimum Gasteiger partial charge on any atom is -0.335 e. The predicted molar refractivity (Wildman–Crippen MR) is 86.0 cm³/mol. The third-order valence-electron chi connectivity index (χ3n) is 3.39. The Morgan fingerprint density at radius 1 is 1.38 bits per heavy atom. The highest BCUT2D eigenvalue weighted by Gasteiger charge is 2.25. The molecule has 0 aliphatic heterocycles. The first-order valence-electron chi connectivity index (χ1n) is 7.37. The van der Waals surface area contributed by atoms with E-state index in [4.69, 9.17) is 0 Å². The van der Waals surface area contributed by atoms with Crippen LogP contribution in [0.25, 0.3) is 0 Å². The maximum atomic E-state index is 12.1. The van der Waals surface area contributed by atoms with Gasteiger partial charge in [0.25, 0.3) is 0 Å². The summed E-state index contributed by atoms with van der Waals surface area (Å²) in [6.45, 7) is 7.88. The number of aromatic nitrogens is 1. The van der Waals surface area contributed by atoms with Gasteiger partial charge in [-0.25, -0.2) is 4.79 Å². The van der Waals surface area contributed by atoms with Crippen molar-refractivity contribution < 1.29 is 4.79 Å². The van der Waals surface area contributed by atoms with Crippen LogP contribution in [0.15, 0.2) is 24.5 Å². The molecule has 2 amide bonds. The molecular weight excluding hydrogens is 264 g/mol. The molecule has 5 heteroatoms. The van der Waals surface area contributed by atoms with Crippen LogP contribution in [0.3, 0.4) is 0 Å². The van der Waals surface area contributed by atoms with E-state index >= 15 is 0 Å². The molecule has 21 heavy (non-hydrogen) atoms. The SMILES string of the molecule is CN(C)CCC(NC(=O)NCc1cccnc1)C(C)(C)C. The molecule has 118 valence electrons. The van der Waals surface area contributed by atoms with Crippen molar-refractivity contribution in [1.29, 1.82) is 0 Å². The van der Waals surface area contributed by atoms with Gasteiger partial charge in [0.1, 0.15) is 0 Å². The fraction of sp³-hybridized carbons (Fsp3) is 0.625. The van der Waals surface area contributed by atoms with Crippen molar-refractivity contribution in [2.24, 2.45) is 5.41 Å².